The van der Waals surface area contributed by atoms with Gasteiger partial charge >= 0.3 is 5.97 Å². The number of carbonyl (C=O) groups excluding carboxylic acids is 1. The third-order valence-corrected chi connectivity index (χ3v) is 2.61. The summed E-state index contributed by atoms with van der Waals surface area (Å²) in [5.74, 6) is -0.937. The maximum Gasteiger partial charge on any atom is 0.376 e. The molecule has 0 aliphatic heterocycles. The molecular formula is C14H14FNO3. The summed E-state index contributed by atoms with van der Waals surface area (Å²) in [6.07, 6.45) is 0. The highest BCUT2D eigenvalue weighted by atomic mass is 19.1. The average molecular weight is 263 g/mol. The normalized spacial score (nSPS) is 10.5. The van der Waals surface area contributed by atoms with Crippen LogP contribution >= 0.6 is 0 Å². The molecule has 1 heterocycles. The van der Waals surface area contributed by atoms with Crippen LogP contribution in [-0.4, -0.2) is 17.6 Å². The van der Waals surface area contributed by atoms with Gasteiger partial charge in [0.25, 0.3) is 0 Å². The van der Waals surface area contributed by atoms with Crippen LogP contribution in [-0.2, 0) is 4.74 Å². The van der Waals surface area contributed by atoms with Crippen LogP contribution in [0.1, 0.15) is 28.7 Å². The quantitative estimate of drug-likeness (QED) is 0.797. The molecule has 0 atom stereocenters. The van der Waals surface area contributed by atoms with Crippen molar-refractivity contribution in [3.05, 3.63) is 41.0 Å². The van der Waals surface area contributed by atoms with Crippen molar-refractivity contribution in [3.8, 4) is 11.5 Å². The molecule has 0 bridgehead atoms. The van der Waals surface area contributed by atoms with Gasteiger partial charge in [-0.15, -0.1) is 0 Å². The molecule has 0 spiro atoms. The number of aromatic nitrogens is 1. The lowest BCUT2D eigenvalue weighted by Crippen LogP contribution is -2.04. The minimum atomic E-state index is -0.591. The number of hydrogen-bond acceptors (Lipinski definition) is 4. The second-order valence-electron chi connectivity index (χ2n) is 4.14. The van der Waals surface area contributed by atoms with E-state index >= 15 is 0 Å². The largest absolute Gasteiger partial charge is 0.460 e. The van der Waals surface area contributed by atoms with Crippen LogP contribution in [0.4, 0.5) is 4.39 Å². The zero-order chi connectivity index (χ0) is 14.0. The highest BCUT2D eigenvalue weighted by Crippen LogP contribution is 2.25. The Kier molecular flexibility index (Phi) is 3.64. The van der Waals surface area contributed by atoms with Gasteiger partial charge < -0.3 is 9.15 Å². The summed E-state index contributed by atoms with van der Waals surface area (Å²) < 4.78 is 23.9. The molecule has 0 saturated heterocycles. The molecule has 100 valence electrons. The van der Waals surface area contributed by atoms with E-state index < -0.39 is 11.8 Å². The predicted molar refractivity (Wildman–Crippen MR) is 67.3 cm³/mol. The molecule has 2 rings (SSSR count). The fourth-order valence-corrected chi connectivity index (χ4v) is 1.70. The van der Waals surface area contributed by atoms with Crippen molar-refractivity contribution in [2.45, 2.75) is 20.8 Å². The lowest BCUT2D eigenvalue weighted by molar-refractivity contribution is 0.0490. The number of halogens is 1. The minimum absolute atomic E-state index is 0.0118. The van der Waals surface area contributed by atoms with Gasteiger partial charge in [0.2, 0.25) is 11.7 Å². The summed E-state index contributed by atoms with van der Waals surface area (Å²) in [5.41, 5.74) is 1.50. The van der Waals surface area contributed by atoms with Crippen molar-refractivity contribution in [2.75, 3.05) is 6.61 Å². The van der Waals surface area contributed by atoms with Gasteiger partial charge in [-0.2, -0.15) is 0 Å². The van der Waals surface area contributed by atoms with E-state index in [0.29, 0.717) is 5.69 Å². The summed E-state index contributed by atoms with van der Waals surface area (Å²) in [5, 5.41) is 0. The smallest absolute Gasteiger partial charge is 0.376 e. The standard InChI is InChI=1S/C14H14FNO3/c1-4-18-14(17)12-9(3)16-13(19-12)10-7-8(2)5-6-11(10)15/h5-7H,4H2,1-3H3. The Morgan fingerprint density at radius 3 is 2.84 bits per heavy atom. The van der Waals surface area contributed by atoms with Crippen LogP contribution < -0.4 is 0 Å². The van der Waals surface area contributed by atoms with E-state index in [9.17, 15) is 9.18 Å². The zero-order valence-corrected chi connectivity index (χ0v) is 11.0. The van der Waals surface area contributed by atoms with Crippen molar-refractivity contribution in [2.24, 2.45) is 0 Å². The van der Waals surface area contributed by atoms with Crippen molar-refractivity contribution in [1.82, 2.24) is 4.98 Å². The zero-order valence-electron chi connectivity index (χ0n) is 11.0. The van der Waals surface area contributed by atoms with Crippen LogP contribution in [0.3, 0.4) is 0 Å². The Balaban J connectivity index is 2.44. The first-order chi connectivity index (χ1) is 9.02. The number of hydrogen-bond donors (Lipinski definition) is 0. The molecule has 4 nitrogen and oxygen atoms in total. The van der Waals surface area contributed by atoms with Crippen molar-refractivity contribution in [1.29, 1.82) is 0 Å². The lowest BCUT2D eigenvalue weighted by atomic mass is 10.1. The van der Waals surface area contributed by atoms with Gasteiger partial charge in [-0.25, -0.2) is 14.2 Å². The predicted octanol–water partition coefficient (Wildman–Crippen LogP) is 3.27. The third kappa shape index (κ3) is 2.65. The minimum Gasteiger partial charge on any atom is -0.460 e. The fourth-order valence-electron chi connectivity index (χ4n) is 1.70. The second-order valence-corrected chi connectivity index (χ2v) is 4.14. The third-order valence-electron chi connectivity index (χ3n) is 2.61. The molecule has 0 unspecified atom stereocenters. The van der Waals surface area contributed by atoms with Gasteiger partial charge in [-0.1, -0.05) is 11.6 Å². The highest BCUT2D eigenvalue weighted by Gasteiger charge is 2.20. The monoisotopic (exact) mass is 263 g/mol. The molecule has 19 heavy (non-hydrogen) atoms. The molecule has 1 aromatic heterocycles. The Labute approximate surface area is 110 Å². The molecule has 0 amide bonds. The summed E-state index contributed by atoms with van der Waals surface area (Å²) in [7, 11) is 0. The van der Waals surface area contributed by atoms with Crippen molar-refractivity contribution >= 4 is 5.97 Å². The van der Waals surface area contributed by atoms with E-state index in [1.54, 1.807) is 26.0 Å². The van der Waals surface area contributed by atoms with E-state index in [2.05, 4.69) is 4.98 Å². The molecule has 5 heteroatoms. The molecule has 0 aliphatic rings. The van der Waals surface area contributed by atoms with Crippen LogP contribution in [0.25, 0.3) is 11.5 Å². The van der Waals surface area contributed by atoms with E-state index in [1.165, 1.54) is 6.07 Å². The van der Waals surface area contributed by atoms with Crippen LogP contribution in [0.5, 0.6) is 0 Å². The molecule has 0 N–H and O–H groups in total. The first kappa shape index (κ1) is 13.3. The SMILES string of the molecule is CCOC(=O)c1oc(-c2cc(C)ccc2F)nc1C. The van der Waals surface area contributed by atoms with Gasteiger partial charge in [-0.05, 0) is 32.9 Å². The second kappa shape index (κ2) is 5.22. The number of ether oxygens (including phenoxy) is 1. The van der Waals surface area contributed by atoms with Gasteiger partial charge in [0.15, 0.2) is 0 Å². The maximum atomic E-state index is 13.7. The number of rotatable bonds is 3. The number of esters is 1. The molecule has 0 saturated carbocycles. The van der Waals surface area contributed by atoms with Crippen LogP contribution in [0.2, 0.25) is 0 Å². The van der Waals surface area contributed by atoms with Crippen LogP contribution in [0, 0.1) is 19.7 Å². The van der Waals surface area contributed by atoms with Gasteiger partial charge in [-0.3, -0.25) is 0 Å². The molecule has 1 aromatic carbocycles. The molecule has 0 radical (unpaired) electrons. The van der Waals surface area contributed by atoms with Crippen molar-refractivity contribution in [3.63, 3.8) is 0 Å². The number of aryl methyl sites for hydroxylation is 2. The fraction of sp³-hybridized carbons (Fsp3) is 0.286. The number of oxazole rings is 1. The summed E-state index contributed by atoms with van der Waals surface area (Å²) in [4.78, 5) is 15.7. The Morgan fingerprint density at radius 1 is 1.42 bits per heavy atom. The first-order valence-electron chi connectivity index (χ1n) is 5.94. The maximum absolute atomic E-state index is 13.7. The van der Waals surface area contributed by atoms with Gasteiger partial charge in [0.05, 0.1) is 17.9 Å². The summed E-state index contributed by atoms with van der Waals surface area (Å²) >= 11 is 0. The van der Waals surface area contributed by atoms with E-state index in [4.69, 9.17) is 9.15 Å². The Hall–Kier alpha value is -2.17. The Morgan fingerprint density at radius 2 is 2.16 bits per heavy atom. The topological polar surface area (TPSA) is 52.3 Å². The van der Waals surface area contributed by atoms with Gasteiger partial charge in [0, 0.05) is 0 Å². The molecule has 0 aliphatic carbocycles. The van der Waals surface area contributed by atoms with E-state index in [-0.39, 0.29) is 23.8 Å². The summed E-state index contributed by atoms with van der Waals surface area (Å²) in [6, 6.07) is 4.62. The van der Waals surface area contributed by atoms with E-state index in [0.717, 1.165) is 5.56 Å². The summed E-state index contributed by atoms with van der Waals surface area (Å²) in [6.45, 7) is 5.40. The number of benzene rings is 1. The molecule has 0 fully saturated rings. The average Bonchev–Trinajstić information content (AvgIpc) is 2.74. The highest BCUT2D eigenvalue weighted by molar-refractivity contribution is 5.87. The van der Waals surface area contributed by atoms with Crippen LogP contribution in [0.15, 0.2) is 22.6 Å². The lowest BCUT2D eigenvalue weighted by Gasteiger charge is -2.00. The van der Waals surface area contributed by atoms with Crippen molar-refractivity contribution < 1.29 is 18.3 Å². The van der Waals surface area contributed by atoms with E-state index in [1.807, 2.05) is 6.92 Å². The first-order valence-corrected chi connectivity index (χ1v) is 5.94. The number of carbonyl (C=O) groups is 1. The molecule has 2 aromatic rings. The number of nitrogens with zero attached hydrogens (tertiary/aromatic N) is 1. The molecular weight excluding hydrogens is 249 g/mol. The Bertz CT molecular complexity index is 619. The van der Waals surface area contributed by atoms with Gasteiger partial charge in [0.1, 0.15) is 5.82 Å².